The number of hydrogen-bond donors (Lipinski definition) is 2. The average Bonchev–Trinajstić information content (AvgIpc) is 2.58. The molecule has 0 spiro atoms. The molecular formula is C18H19F4N2O3+. The smallest absolute Gasteiger partial charge is 0.387 e. The van der Waals surface area contributed by atoms with Gasteiger partial charge in [-0.1, -0.05) is 0 Å². The van der Waals surface area contributed by atoms with Gasteiger partial charge in [0.25, 0.3) is 5.91 Å². The Morgan fingerprint density at radius 1 is 1.15 bits per heavy atom. The molecule has 0 aliphatic carbocycles. The van der Waals surface area contributed by atoms with Crippen LogP contribution in [0.15, 0.2) is 36.4 Å². The first-order valence-electron chi connectivity index (χ1n) is 7.96. The van der Waals surface area contributed by atoms with Crippen LogP contribution in [0.4, 0.5) is 23.2 Å². The van der Waals surface area contributed by atoms with E-state index in [0.717, 1.165) is 28.7 Å². The van der Waals surface area contributed by atoms with Gasteiger partial charge in [0.15, 0.2) is 18.0 Å². The van der Waals surface area contributed by atoms with Crippen LogP contribution in [-0.4, -0.2) is 33.2 Å². The number of nitrogens with one attached hydrogen (secondary N) is 2. The number of rotatable bonds is 8. The normalized spacial score (nSPS) is 12.0. The van der Waals surface area contributed by atoms with Crippen molar-refractivity contribution in [2.45, 2.75) is 13.2 Å². The zero-order valence-corrected chi connectivity index (χ0v) is 14.7. The molecule has 5 nitrogen and oxygen atoms in total. The molecule has 146 valence electrons. The number of halogens is 4. The van der Waals surface area contributed by atoms with Crippen LogP contribution in [0, 0.1) is 11.6 Å². The molecule has 0 bridgehead atoms. The molecule has 0 aromatic heterocycles. The summed E-state index contributed by atoms with van der Waals surface area (Å²) in [5, 5.41) is 2.32. The lowest BCUT2D eigenvalue weighted by Gasteiger charge is -2.16. The van der Waals surface area contributed by atoms with Crippen LogP contribution in [0.3, 0.4) is 0 Å². The van der Waals surface area contributed by atoms with Crippen molar-refractivity contribution in [3.8, 4) is 11.5 Å². The Kier molecular flexibility index (Phi) is 7.00. The fourth-order valence-corrected chi connectivity index (χ4v) is 2.49. The highest BCUT2D eigenvalue weighted by Gasteiger charge is 2.16. The van der Waals surface area contributed by atoms with Crippen LogP contribution >= 0.6 is 0 Å². The maximum Gasteiger partial charge on any atom is 0.387 e. The number of hydrogen-bond acceptors (Lipinski definition) is 3. The van der Waals surface area contributed by atoms with Crippen LogP contribution in [0.25, 0.3) is 0 Å². The summed E-state index contributed by atoms with van der Waals surface area (Å²) in [6.07, 6.45) is 0. The van der Waals surface area contributed by atoms with E-state index in [9.17, 15) is 22.4 Å². The van der Waals surface area contributed by atoms with Crippen molar-refractivity contribution in [2.24, 2.45) is 0 Å². The molecule has 1 amide bonds. The Labute approximate surface area is 153 Å². The standard InChI is InChI=1S/C18H18F4N2O3/c1-24(10-17(25)23-14-8-12(19)4-5-13(14)20)9-11-3-6-15(27-18(21)22)16(7-11)26-2/h3-8,18H,9-10H2,1-2H3,(H,23,25)/p+1. The van der Waals surface area contributed by atoms with Gasteiger partial charge in [0.05, 0.1) is 19.8 Å². The van der Waals surface area contributed by atoms with Crippen molar-refractivity contribution in [3.63, 3.8) is 0 Å². The lowest BCUT2D eigenvalue weighted by molar-refractivity contribution is -0.885. The van der Waals surface area contributed by atoms with Crippen molar-refractivity contribution >= 4 is 11.6 Å². The Hall–Kier alpha value is -2.81. The van der Waals surface area contributed by atoms with Crippen LogP contribution in [0.5, 0.6) is 11.5 Å². The predicted molar refractivity (Wildman–Crippen MR) is 90.1 cm³/mol. The molecule has 0 saturated heterocycles. The monoisotopic (exact) mass is 387 g/mol. The zero-order valence-electron chi connectivity index (χ0n) is 14.7. The minimum Gasteiger partial charge on any atom is -0.493 e. The van der Waals surface area contributed by atoms with Crippen LogP contribution in [-0.2, 0) is 11.3 Å². The van der Waals surface area contributed by atoms with Gasteiger partial charge in [-0.25, -0.2) is 8.78 Å². The minimum atomic E-state index is -2.97. The van der Waals surface area contributed by atoms with Gasteiger partial charge in [-0.3, -0.25) is 4.79 Å². The molecule has 9 heteroatoms. The molecule has 1 unspecified atom stereocenters. The predicted octanol–water partition coefficient (Wildman–Crippen LogP) is 2.23. The van der Waals surface area contributed by atoms with Gasteiger partial charge in [-0.15, -0.1) is 0 Å². The van der Waals surface area contributed by atoms with Crippen LogP contribution in [0.1, 0.15) is 5.56 Å². The molecular weight excluding hydrogens is 368 g/mol. The van der Waals surface area contributed by atoms with Crippen molar-refractivity contribution in [2.75, 3.05) is 26.0 Å². The number of likely N-dealkylation sites (N-methyl/N-ethyl adjacent to an activating group) is 1. The summed E-state index contributed by atoms with van der Waals surface area (Å²) >= 11 is 0. The highest BCUT2D eigenvalue weighted by Crippen LogP contribution is 2.29. The fourth-order valence-electron chi connectivity index (χ4n) is 2.49. The molecule has 2 rings (SSSR count). The number of anilines is 1. The molecule has 2 aromatic carbocycles. The summed E-state index contributed by atoms with van der Waals surface area (Å²) in [6.45, 7) is -2.62. The van der Waals surface area contributed by atoms with E-state index in [1.807, 2.05) is 0 Å². The zero-order chi connectivity index (χ0) is 20.0. The van der Waals surface area contributed by atoms with Crippen LogP contribution < -0.4 is 19.7 Å². The van der Waals surface area contributed by atoms with Gasteiger partial charge in [-0.2, -0.15) is 8.78 Å². The molecule has 0 heterocycles. The summed E-state index contributed by atoms with van der Waals surface area (Å²) < 4.78 is 60.8. The van der Waals surface area contributed by atoms with Gasteiger partial charge in [0.1, 0.15) is 18.2 Å². The van der Waals surface area contributed by atoms with Gasteiger partial charge < -0.3 is 19.7 Å². The number of ether oxygens (including phenoxy) is 2. The van der Waals surface area contributed by atoms with Crippen molar-refractivity contribution in [1.82, 2.24) is 0 Å². The van der Waals surface area contributed by atoms with Gasteiger partial charge in [0, 0.05) is 11.6 Å². The molecule has 2 N–H and O–H groups in total. The number of carbonyl (C=O) groups is 1. The fraction of sp³-hybridized carbons (Fsp3) is 0.278. The molecule has 0 aliphatic rings. The van der Waals surface area contributed by atoms with E-state index in [2.05, 4.69) is 10.1 Å². The highest BCUT2D eigenvalue weighted by atomic mass is 19.3. The van der Waals surface area contributed by atoms with E-state index in [1.54, 1.807) is 13.1 Å². The summed E-state index contributed by atoms with van der Waals surface area (Å²) in [7, 11) is 3.05. The second-order valence-corrected chi connectivity index (χ2v) is 5.85. The van der Waals surface area contributed by atoms with Crippen molar-refractivity contribution in [3.05, 3.63) is 53.6 Å². The van der Waals surface area contributed by atoms with Gasteiger partial charge in [-0.05, 0) is 30.3 Å². The Morgan fingerprint density at radius 3 is 2.56 bits per heavy atom. The molecule has 0 saturated carbocycles. The van der Waals surface area contributed by atoms with Gasteiger partial charge >= 0.3 is 6.61 Å². The SMILES string of the molecule is COc1cc(C[NH+](C)CC(=O)Nc2cc(F)ccc2F)ccc1OC(F)F. The van der Waals surface area contributed by atoms with E-state index in [4.69, 9.17) is 4.74 Å². The molecule has 0 aliphatic heterocycles. The summed E-state index contributed by atoms with van der Waals surface area (Å²) in [6, 6.07) is 7.25. The Morgan fingerprint density at radius 2 is 1.89 bits per heavy atom. The number of alkyl halides is 2. The highest BCUT2D eigenvalue weighted by molar-refractivity contribution is 5.91. The van der Waals surface area contributed by atoms with E-state index in [1.165, 1.54) is 19.2 Å². The number of methoxy groups -OCH3 is 1. The largest absolute Gasteiger partial charge is 0.493 e. The third kappa shape index (κ3) is 6.14. The first-order valence-corrected chi connectivity index (χ1v) is 7.96. The first kappa shape index (κ1) is 20.5. The Balaban J connectivity index is 1.97. The maximum atomic E-state index is 13.6. The average molecular weight is 387 g/mol. The summed E-state index contributed by atoms with van der Waals surface area (Å²) in [5.41, 5.74) is 0.485. The second kappa shape index (κ2) is 9.22. The molecule has 27 heavy (non-hydrogen) atoms. The minimum absolute atomic E-state index is 0.0203. The van der Waals surface area contributed by atoms with E-state index in [-0.39, 0.29) is 23.7 Å². The van der Waals surface area contributed by atoms with Crippen molar-refractivity contribution < 1.29 is 36.7 Å². The molecule has 0 radical (unpaired) electrons. The van der Waals surface area contributed by atoms with Gasteiger partial charge in [0.2, 0.25) is 0 Å². The summed E-state index contributed by atoms with van der Waals surface area (Å²) in [5.74, 6) is -1.84. The van der Waals surface area contributed by atoms with E-state index in [0.29, 0.717) is 6.54 Å². The third-order valence-corrected chi connectivity index (χ3v) is 3.61. The summed E-state index contributed by atoms with van der Waals surface area (Å²) in [4.78, 5) is 12.8. The molecule has 2 aromatic rings. The second-order valence-electron chi connectivity index (χ2n) is 5.85. The molecule has 0 fully saturated rings. The van der Waals surface area contributed by atoms with Crippen molar-refractivity contribution in [1.29, 1.82) is 0 Å². The number of benzene rings is 2. The quantitative estimate of drug-likeness (QED) is 0.683. The third-order valence-electron chi connectivity index (χ3n) is 3.61. The van der Waals surface area contributed by atoms with Crippen LogP contribution in [0.2, 0.25) is 0 Å². The lowest BCUT2D eigenvalue weighted by atomic mass is 10.2. The number of quaternary nitrogens is 1. The first-order chi connectivity index (χ1) is 12.8. The maximum absolute atomic E-state index is 13.6. The van der Waals surface area contributed by atoms with E-state index >= 15 is 0 Å². The molecule has 1 atom stereocenters. The number of amides is 1. The number of carbonyl (C=O) groups excluding carboxylic acids is 1. The lowest BCUT2D eigenvalue weighted by Crippen LogP contribution is -3.08. The Bertz CT molecular complexity index is 802. The topological polar surface area (TPSA) is 52.0 Å². The van der Waals surface area contributed by atoms with E-state index < -0.39 is 24.2 Å².